The number of hydrogen-bond acceptors (Lipinski definition) is 3. The Hall–Kier alpha value is -3.21. The van der Waals surface area contributed by atoms with E-state index in [0.29, 0.717) is 5.65 Å². The van der Waals surface area contributed by atoms with E-state index in [-0.39, 0.29) is 5.56 Å². The zero-order valence-corrected chi connectivity index (χ0v) is 12.9. The summed E-state index contributed by atoms with van der Waals surface area (Å²) in [6, 6.07) is 13.9. The van der Waals surface area contributed by atoms with Gasteiger partial charge in [0, 0.05) is 23.5 Å². The maximum atomic E-state index is 12.9. The molecule has 0 saturated carbocycles. The fourth-order valence-electron chi connectivity index (χ4n) is 3.44. The molecule has 3 heterocycles. The van der Waals surface area contributed by atoms with Gasteiger partial charge in [-0.15, -0.1) is 0 Å². The van der Waals surface area contributed by atoms with Gasteiger partial charge in [0.2, 0.25) is 0 Å². The third-order valence-electron chi connectivity index (χ3n) is 4.61. The van der Waals surface area contributed by atoms with Gasteiger partial charge in [0.1, 0.15) is 0 Å². The third kappa shape index (κ3) is 1.78. The largest absolute Gasteiger partial charge is 0.296 e. The molecule has 0 atom stereocenters. The van der Waals surface area contributed by atoms with E-state index in [0.717, 1.165) is 40.9 Å². The standard InChI is InChI=1S/C19H14N4O/c24-19-14-9-8-12-5-1-2-6-13(12)17(14)22-18-15(11-21-23(18)19)16-7-3-4-10-20-16/h1-7,10-11,21H,8-9H2. The van der Waals surface area contributed by atoms with Crippen LogP contribution in [0.25, 0.3) is 28.2 Å². The highest BCUT2D eigenvalue weighted by atomic mass is 16.1. The van der Waals surface area contributed by atoms with Gasteiger partial charge in [0.15, 0.2) is 5.65 Å². The second-order valence-electron chi connectivity index (χ2n) is 5.96. The van der Waals surface area contributed by atoms with Crippen molar-refractivity contribution in [3.05, 3.63) is 76.3 Å². The lowest BCUT2D eigenvalue weighted by molar-refractivity contribution is 0.834. The van der Waals surface area contributed by atoms with Gasteiger partial charge >= 0.3 is 0 Å². The van der Waals surface area contributed by atoms with E-state index in [1.165, 1.54) is 10.1 Å². The number of pyridine rings is 1. The molecule has 0 fully saturated rings. The Balaban J connectivity index is 1.85. The van der Waals surface area contributed by atoms with Crippen LogP contribution in [-0.4, -0.2) is 19.6 Å². The molecule has 1 aliphatic carbocycles. The van der Waals surface area contributed by atoms with Crippen molar-refractivity contribution >= 4 is 5.65 Å². The number of aromatic nitrogens is 4. The smallest absolute Gasteiger partial charge is 0.276 e. The summed E-state index contributed by atoms with van der Waals surface area (Å²) in [5.74, 6) is 0. The maximum absolute atomic E-state index is 12.9. The molecule has 116 valence electrons. The first kappa shape index (κ1) is 13.2. The van der Waals surface area contributed by atoms with Crippen LogP contribution in [0.5, 0.6) is 0 Å². The van der Waals surface area contributed by atoms with Gasteiger partial charge in [-0.2, -0.15) is 0 Å². The van der Waals surface area contributed by atoms with Gasteiger partial charge in [0.05, 0.1) is 17.0 Å². The molecular weight excluding hydrogens is 300 g/mol. The van der Waals surface area contributed by atoms with Gasteiger partial charge in [0.25, 0.3) is 5.56 Å². The molecular formula is C19H14N4O. The zero-order chi connectivity index (χ0) is 16.1. The molecule has 0 spiro atoms. The number of aromatic amines is 1. The summed E-state index contributed by atoms with van der Waals surface area (Å²) >= 11 is 0. The topological polar surface area (TPSA) is 63.0 Å². The minimum atomic E-state index is -0.0216. The Morgan fingerprint density at radius 1 is 1.00 bits per heavy atom. The van der Waals surface area contributed by atoms with Crippen LogP contribution in [0.3, 0.4) is 0 Å². The molecule has 0 saturated heterocycles. The number of hydrogen-bond donors (Lipinski definition) is 1. The Kier molecular flexibility index (Phi) is 2.70. The van der Waals surface area contributed by atoms with E-state index in [4.69, 9.17) is 4.98 Å². The maximum Gasteiger partial charge on any atom is 0.276 e. The molecule has 5 nitrogen and oxygen atoms in total. The summed E-state index contributed by atoms with van der Waals surface area (Å²) in [6.07, 6.45) is 5.13. The molecule has 3 aromatic heterocycles. The van der Waals surface area contributed by atoms with Crippen LogP contribution in [0.4, 0.5) is 0 Å². The second kappa shape index (κ2) is 4.89. The molecule has 4 aromatic rings. The van der Waals surface area contributed by atoms with Crippen molar-refractivity contribution in [3.8, 4) is 22.5 Å². The molecule has 0 aliphatic heterocycles. The second-order valence-corrected chi connectivity index (χ2v) is 5.96. The molecule has 1 aliphatic rings. The highest BCUT2D eigenvalue weighted by molar-refractivity contribution is 5.78. The van der Waals surface area contributed by atoms with Crippen molar-refractivity contribution < 1.29 is 0 Å². The zero-order valence-electron chi connectivity index (χ0n) is 12.9. The van der Waals surface area contributed by atoms with Crippen LogP contribution in [0.1, 0.15) is 11.1 Å². The fraction of sp³-hybridized carbons (Fsp3) is 0.105. The van der Waals surface area contributed by atoms with Gasteiger partial charge in [-0.3, -0.25) is 14.9 Å². The number of nitrogens with one attached hydrogen (secondary N) is 1. The summed E-state index contributed by atoms with van der Waals surface area (Å²) in [5.41, 5.74) is 6.12. The number of aryl methyl sites for hydroxylation is 1. The van der Waals surface area contributed by atoms with Crippen LogP contribution in [0, 0.1) is 0 Å². The molecule has 5 heteroatoms. The van der Waals surface area contributed by atoms with Gasteiger partial charge in [-0.1, -0.05) is 30.3 Å². The van der Waals surface area contributed by atoms with E-state index < -0.39 is 0 Å². The molecule has 0 unspecified atom stereocenters. The summed E-state index contributed by atoms with van der Waals surface area (Å²) in [6.45, 7) is 0. The quantitative estimate of drug-likeness (QED) is 0.587. The average Bonchev–Trinajstić information content (AvgIpc) is 3.07. The Bertz CT molecular complexity index is 1130. The van der Waals surface area contributed by atoms with E-state index in [1.807, 2.05) is 36.4 Å². The predicted molar refractivity (Wildman–Crippen MR) is 91.9 cm³/mol. The van der Waals surface area contributed by atoms with Gasteiger partial charge in [-0.05, 0) is 30.5 Å². The minimum absolute atomic E-state index is 0.0216. The van der Waals surface area contributed by atoms with Crippen LogP contribution in [0.15, 0.2) is 59.7 Å². The Morgan fingerprint density at radius 3 is 2.75 bits per heavy atom. The van der Waals surface area contributed by atoms with Crippen molar-refractivity contribution in [2.24, 2.45) is 0 Å². The molecule has 0 bridgehead atoms. The van der Waals surface area contributed by atoms with E-state index in [9.17, 15) is 4.79 Å². The molecule has 5 rings (SSSR count). The number of H-pyrrole nitrogens is 1. The van der Waals surface area contributed by atoms with E-state index >= 15 is 0 Å². The van der Waals surface area contributed by atoms with Crippen LogP contribution >= 0.6 is 0 Å². The normalized spacial score (nSPS) is 12.8. The first-order chi connectivity index (χ1) is 11.8. The highest BCUT2D eigenvalue weighted by Gasteiger charge is 2.23. The van der Waals surface area contributed by atoms with Crippen molar-refractivity contribution in [1.82, 2.24) is 19.6 Å². The van der Waals surface area contributed by atoms with Crippen molar-refractivity contribution in [3.63, 3.8) is 0 Å². The summed E-state index contributed by atoms with van der Waals surface area (Å²) in [4.78, 5) is 22.1. The number of nitrogens with zero attached hydrogens (tertiary/aromatic N) is 3. The highest BCUT2D eigenvalue weighted by Crippen LogP contribution is 2.31. The molecule has 0 amide bonds. The first-order valence-electron chi connectivity index (χ1n) is 7.95. The van der Waals surface area contributed by atoms with Crippen molar-refractivity contribution in [1.29, 1.82) is 0 Å². The number of benzene rings is 1. The summed E-state index contributed by atoms with van der Waals surface area (Å²) in [5, 5.41) is 3.03. The predicted octanol–water partition coefficient (Wildman–Crippen LogP) is 2.85. The van der Waals surface area contributed by atoms with Crippen molar-refractivity contribution in [2.45, 2.75) is 12.8 Å². The number of fused-ring (bicyclic) bond motifs is 4. The summed E-state index contributed by atoms with van der Waals surface area (Å²) < 4.78 is 1.52. The average molecular weight is 314 g/mol. The van der Waals surface area contributed by atoms with Crippen LogP contribution in [-0.2, 0) is 12.8 Å². The summed E-state index contributed by atoms with van der Waals surface area (Å²) in [7, 11) is 0. The molecule has 1 N–H and O–H groups in total. The molecule has 24 heavy (non-hydrogen) atoms. The third-order valence-corrected chi connectivity index (χ3v) is 4.61. The van der Waals surface area contributed by atoms with Crippen molar-refractivity contribution in [2.75, 3.05) is 0 Å². The fourth-order valence-corrected chi connectivity index (χ4v) is 3.44. The Labute approximate surface area is 137 Å². The van der Waals surface area contributed by atoms with Crippen LogP contribution in [0.2, 0.25) is 0 Å². The van der Waals surface area contributed by atoms with Gasteiger partial charge in [-0.25, -0.2) is 9.50 Å². The molecule has 1 aromatic carbocycles. The first-order valence-corrected chi connectivity index (χ1v) is 7.95. The minimum Gasteiger partial charge on any atom is -0.296 e. The SMILES string of the molecule is O=c1c2c(nc3c(-c4ccccn4)c[nH]n13)-c1ccccc1CC2. The van der Waals surface area contributed by atoms with E-state index in [1.54, 1.807) is 12.4 Å². The lowest BCUT2D eigenvalue weighted by Gasteiger charge is -2.18. The monoisotopic (exact) mass is 314 g/mol. The lowest BCUT2D eigenvalue weighted by atomic mass is 9.90. The van der Waals surface area contributed by atoms with Crippen LogP contribution < -0.4 is 5.56 Å². The number of rotatable bonds is 1. The lowest BCUT2D eigenvalue weighted by Crippen LogP contribution is -2.24. The van der Waals surface area contributed by atoms with Gasteiger partial charge < -0.3 is 0 Å². The Morgan fingerprint density at radius 2 is 1.88 bits per heavy atom. The van der Waals surface area contributed by atoms with E-state index in [2.05, 4.69) is 16.1 Å². The molecule has 0 radical (unpaired) electrons.